The number of hydrogen-bond acceptors (Lipinski definition) is 3. The van der Waals surface area contributed by atoms with E-state index in [1.165, 1.54) is 25.3 Å². The highest BCUT2D eigenvalue weighted by atomic mass is 19.1. The molecule has 0 aromatic heterocycles. The highest BCUT2D eigenvalue weighted by molar-refractivity contribution is 5.77. The molecule has 23 heavy (non-hydrogen) atoms. The van der Waals surface area contributed by atoms with E-state index in [0.29, 0.717) is 17.9 Å². The molecule has 1 N–H and O–H groups in total. The summed E-state index contributed by atoms with van der Waals surface area (Å²) in [6.07, 6.45) is 0.238. The van der Waals surface area contributed by atoms with Gasteiger partial charge in [-0.15, -0.1) is 0 Å². The van der Waals surface area contributed by atoms with Crippen LogP contribution in [0, 0.1) is 5.82 Å². The van der Waals surface area contributed by atoms with E-state index < -0.39 is 17.7 Å². The third-order valence-corrected chi connectivity index (χ3v) is 3.54. The molecule has 4 nitrogen and oxygen atoms in total. The van der Waals surface area contributed by atoms with Crippen LogP contribution in [0.5, 0.6) is 11.5 Å². The van der Waals surface area contributed by atoms with Gasteiger partial charge in [0.05, 0.1) is 19.6 Å². The number of hydrogen-bond donors (Lipinski definition) is 1. The van der Waals surface area contributed by atoms with Crippen LogP contribution in [0.2, 0.25) is 0 Å². The number of halogens is 1. The van der Waals surface area contributed by atoms with Gasteiger partial charge in [0, 0.05) is 5.56 Å². The second-order valence-electron chi connectivity index (χ2n) is 5.06. The SMILES string of the molecule is CCOc1ccc(CC(C(=O)O)c2cc(F)ccc2OC)cc1. The number of benzene rings is 2. The van der Waals surface area contributed by atoms with Crippen LogP contribution in [-0.2, 0) is 11.2 Å². The molecule has 0 saturated heterocycles. The van der Waals surface area contributed by atoms with Crippen molar-refractivity contribution in [2.24, 2.45) is 0 Å². The number of carbonyl (C=O) groups is 1. The molecule has 122 valence electrons. The summed E-state index contributed by atoms with van der Waals surface area (Å²) in [6.45, 7) is 2.46. The van der Waals surface area contributed by atoms with Crippen molar-refractivity contribution in [1.29, 1.82) is 0 Å². The summed E-state index contributed by atoms with van der Waals surface area (Å²) in [6, 6.07) is 11.1. The first-order valence-corrected chi connectivity index (χ1v) is 7.33. The van der Waals surface area contributed by atoms with Gasteiger partial charge in [-0.3, -0.25) is 4.79 Å². The van der Waals surface area contributed by atoms with Crippen molar-refractivity contribution in [3.63, 3.8) is 0 Å². The van der Waals surface area contributed by atoms with Gasteiger partial charge in [0.25, 0.3) is 0 Å². The van der Waals surface area contributed by atoms with Crippen LogP contribution in [0.25, 0.3) is 0 Å². The van der Waals surface area contributed by atoms with Gasteiger partial charge in [-0.25, -0.2) is 4.39 Å². The zero-order valence-corrected chi connectivity index (χ0v) is 13.1. The Labute approximate surface area is 134 Å². The molecule has 5 heteroatoms. The zero-order chi connectivity index (χ0) is 16.8. The molecule has 0 aliphatic carbocycles. The first-order valence-electron chi connectivity index (χ1n) is 7.33. The van der Waals surface area contributed by atoms with Crippen LogP contribution in [0.1, 0.15) is 24.0 Å². The summed E-state index contributed by atoms with van der Waals surface area (Å²) < 4.78 is 24.1. The lowest BCUT2D eigenvalue weighted by Gasteiger charge is -2.16. The number of methoxy groups -OCH3 is 1. The number of rotatable bonds is 7. The highest BCUT2D eigenvalue weighted by Gasteiger charge is 2.24. The Hall–Kier alpha value is -2.56. The quantitative estimate of drug-likeness (QED) is 0.847. The van der Waals surface area contributed by atoms with E-state index in [4.69, 9.17) is 9.47 Å². The standard InChI is InChI=1S/C18H19FO4/c1-3-23-14-7-4-12(5-8-14)10-16(18(20)21)15-11-13(19)6-9-17(15)22-2/h4-9,11,16H,3,10H2,1-2H3,(H,20,21). The van der Waals surface area contributed by atoms with Crippen molar-refractivity contribution in [2.75, 3.05) is 13.7 Å². The van der Waals surface area contributed by atoms with Crippen molar-refractivity contribution < 1.29 is 23.8 Å². The maximum atomic E-state index is 13.5. The van der Waals surface area contributed by atoms with Crippen molar-refractivity contribution in [3.8, 4) is 11.5 Å². The molecule has 0 amide bonds. The van der Waals surface area contributed by atoms with Gasteiger partial charge in [-0.05, 0) is 49.2 Å². The predicted octanol–water partition coefficient (Wildman–Crippen LogP) is 3.64. The number of aliphatic carboxylic acids is 1. The largest absolute Gasteiger partial charge is 0.496 e. The second-order valence-corrected chi connectivity index (χ2v) is 5.06. The van der Waals surface area contributed by atoms with Gasteiger partial charge in [0.2, 0.25) is 0 Å². The zero-order valence-electron chi connectivity index (χ0n) is 13.1. The van der Waals surface area contributed by atoms with Gasteiger partial charge < -0.3 is 14.6 Å². The van der Waals surface area contributed by atoms with Gasteiger partial charge in [0.15, 0.2) is 0 Å². The van der Waals surface area contributed by atoms with E-state index in [0.717, 1.165) is 11.3 Å². The Bertz CT molecular complexity index is 667. The second kappa shape index (κ2) is 7.63. The van der Waals surface area contributed by atoms with E-state index in [1.54, 1.807) is 12.1 Å². The third kappa shape index (κ3) is 4.22. The molecule has 0 heterocycles. The fourth-order valence-corrected chi connectivity index (χ4v) is 2.43. The Morgan fingerprint density at radius 2 is 1.91 bits per heavy atom. The fraction of sp³-hybridized carbons (Fsp3) is 0.278. The number of carboxylic acids is 1. The Morgan fingerprint density at radius 1 is 1.22 bits per heavy atom. The molecule has 2 aromatic carbocycles. The molecule has 2 rings (SSSR count). The van der Waals surface area contributed by atoms with Gasteiger partial charge in [-0.1, -0.05) is 12.1 Å². The Morgan fingerprint density at radius 3 is 2.48 bits per heavy atom. The monoisotopic (exact) mass is 318 g/mol. The molecule has 0 saturated carbocycles. The van der Waals surface area contributed by atoms with Crippen molar-refractivity contribution in [1.82, 2.24) is 0 Å². The third-order valence-electron chi connectivity index (χ3n) is 3.54. The maximum absolute atomic E-state index is 13.5. The number of ether oxygens (including phenoxy) is 2. The average Bonchev–Trinajstić information content (AvgIpc) is 2.54. The first kappa shape index (κ1) is 16.8. The van der Waals surface area contributed by atoms with Gasteiger partial charge >= 0.3 is 5.97 Å². The lowest BCUT2D eigenvalue weighted by molar-refractivity contribution is -0.138. The van der Waals surface area contributed by atoms with Crippen LogP contribution < -0.4 is 9.47 Å². The van der Waals surface area contributed by atoms with Crippen LogP contribution in [0.15, 0.2) is 42.5 Å². The molecule has 0 spiro atoms. The minimum absolute atomic E-state index is 0.238. The predicted molar refractivity (Wildman–Crippen MR) is 84.6 cm³/mol. The minimum atomic E-state index is -1.03. The van der Waals surface area contributed by atoms with Crippen LogP contribution in [-0.4, -0.2) is 24.8 Å². The molecular weight excluding hydrogens is 299 g/mol. The van der Waals surface area contributed by atoms with Crippen molar-refractivity contribution in [2.45, 2.75) is 19.3 Å². The first-order chi connectivity index (χ1) is 11.0. The Balaban J connectivity index is 2.29. The molecule has 0 bridgehead atoms. The summed E-state index contributed by atoms with van der Waals surface area (Å²) in [5.74, 6) is -1.31. The normalized spacial score (nSPS) is 11.8. The molecule has 0 aliphatic rings. The minimum Gasteiger partial charge on any atom is -0.496 e. The van der Waals surface area contributed by atoms with Crippen LogP contribution in [0.3, 0.4) is 0 Å². The molecule has 1 atom stereocenters. The van der Waals surface area contributed by atoms with Crippen LogP contribution in [0.4, 0.5) is 4.39 Å². The molecule has 2 aromatic rings. The molecular formula is C18H19FO4. The summed E-state index contributed by atoms with van der Waals surface area (Å²) in [5, 5.41) is 9.53. The van der Waals surface area contributed by atoms with E-state index in [2.05, 4.69) is 0 Å². The topological polar surface area (TPSA) is 55.8 Å². The van der Waals surface area contributed by atoms with Crippen molar-refractivity contribution in [3.05, 3.63) is 59.4 Å². The summed E-state index contributed by atoms with van der Waals surface area (Å²) >= 11 is 0. The highest BCUT2D eigenvalue weighted by Crippen LogP contribution is 2.31. The molecule has 1 unspecified atom stereocenters. The van der Waals surface area contributed by atoms with Gasteiger partial charge in [0.1, 0.15) is 17.3 Å². The maximum Gasteiger partial charge on any atom is 0.311 e. The van der Waals surface area contributed by atoms with E-state index >= 15 is 0 Å². The van der Waals surface area contributed by atoms with E-state index in [9.17, 15) is 14.3 Å². The van der Waals surface area contributed by atoms with Crippen LogP contribution >= 0.6 is 0 Å². The Kier molecular flexibility index (Phi) is 5.57. The lowest BCUT2D eigenvalue weighted by atomic mass is 9.91. The summed E-state index contributed by atoms with van der Waals surface area (Å²) in [7, 11) is 1.44. The molecule has 0 radical (unpaired) electrons. The average molecular weight is 318 g/mol. The fourth-order valence-electron chi connectivity index (χ4n) is 2.43. The number of carboxylic acid groups (broad SMARTS) is 1. The molecule has 0 aliphatic heterocycles. The van der Waals surface area contributed by atoms with Crippen molar-refractivity contribution >= 4 is 5.97 Å². The summed E-state index contributed by atoms with van der Waals surface area (Å²) in [5.41, 5.74) is 1.15. The van der Waals surface area contributed by atoms with E-state index in [-0.39, 0.29) is 6.42 Å². The lowest BCUT2D eigenvalue weighted by Crippen LogP contribution is -2.15. The summed E-state index contributed by atoms with van der Waals surface area (Å²) in [4.78, 5) is 11.7. The smallest absolute Gasteiger partial charge is 0.311 e. The van der Waals surface area contributed by atoms with E-state index in [1.807, 2.05) is 19.1 Å². The van der Waals surface area contributed by atoms with Gasteiger partial charge in [-0.2, -0.15) is 0 Å². The molecule has 0 fully saturated rings.